The van der Waals surface area contributed by atoms with Gasteiger partial charge in [0.05, 0.1) is 11.4 Å². The molecule has 0 atom stereocenters. The topological polar surface area (TPSA) is 38.9 Å². The summed E-state index contributed by atoms with van der Waals surface area (Å²) in [6.45, 7) is 0. The Morgan fingerprint density at radius 3 is 1.69 bits per heavy atom. The summed E-state index contributed by atoms with van der Waals surface area (Å²) < 4.78 is 6.51. The van der Waals surface area contributed by atoms with Crippen LogP contribution in [0.1, 0.15) is 0 Å². The average molecular weight is 651 g/mol. The molecule has 0 spiro atoms. The zero-order chi connectivity index (χ0) is 33.7. The van der Waals surface area contributed by atoms with Crippen molar-refractivity contribution in [2.24, 2.45) is 0 Å². The number of furan rings is 1. The second-order valence-electron chi connectivity index (χ2n) is 13.0. The molecule has 0 aliphatic heterocycles. The number of hydrogen-bond donors (Lipinski definition) is 0. The molecule has 0 radical (unpaired) electrons. The molecule has 0 N–H and O–H groups in total. The van der Waals surface area contributed by atoms with Crippen molar-refractivity contribution in [1.82, 2.24) is 9.97 Å². The van der Waals surface area contributed by atoms with Gasteiger partial charge in [0.25, 0.3) is 0 Å². The second-order valence-corrected chi connectivity index (χ2v) is 13.0. The first kappa shape index (κ1) is 29.1. The first-order chi connectivity index (χ1) is 25.2. The molecule has 0 saturated carbocycles. The van der Waals surface area contributed by atoms with E-state index in [0.717, 1.165) is 72.3 Å². The monoisotopic (exact) mass is 650 g/mol. The standard InChI is InChI=1S/C48H30N2O/c1-3-13-33(14-4-1)43-30-44(50-48(49-43)34-15-5-2-6-16-34)40-27-38(36-20-19-31-11-7-8-17-35(31)25-36)26-39(28-40)37-21-23-42-46(29-37)51-45-24-22-32-12-9-10-18-41(32)47(42)45/h1-30H. The minimum Gasteiger partial charge on any atom is -0.456 e. The van der Waals surface area contributed by atoms with E-state index in [9.17, 15) is 0 Å². The molecule has 0 aliphatic rings. The number of aromatic nitrogens is 2. The summed E-state index contributed by atoms with van der Waals surface area (Å²) in [6, 6.07) is 64.0. The van der Waals surface area contributed by atoms with Crippen LogP contribution in [0.25, 0.3) is 99.6 Å². The van der Waals surface area contributed by atoms with Crippen LogP contribution in [0.5, 0.6) is 0 Å². The molecule has 0 bridgehead atoms. The van der Waals surface area contributed by atoms with Gasteiger partial charge in [0, 0.05) is 27.5 Å². The average Bonchev–Trinajstić information content (AvgIpc) is 3.59. The first-order valence-electron chi connectivity index (χ1n) is 17.2. The van der Waals surface area contributed by atoms with Crippen LogP contribution in [-0.4, -0.2) is 9.97 Å². The highest BCUT2D eigenvalue weighted by Gasteiger charge is 2.16. The van der Waals surface area contributed by atoms with E-state index in [1.54, 1.807) is 0 Å². The Morgan fingerprint density at radius 1 is 0.314 bits per heavy atom. The molecular weight excluding hydrogens is 621 g/mol. The maximum Gasteiger partial charge on any atom is 0.160 e. The fourth-order valence-electron chi connectivity index (χ4n) is 7.27. The van der Waals surface area contributed by atoms with Gasteiger partial charge >= 0.3 is 0 Å². The zero-order valence-corrected chi connectivity index (χ0v) is 27.6. The lowest BCUT2D eigenvalue weighted by molar-refractivity contribution is 0.669. The van der Waals surface area contributed by atoms with E-state index in [-0.39, 0.29) is 0 Å². The molecule has 3 nitrogen and oxygen atoms in total. The van der Waals surface area contributed by atoms with E-state index in [1.807, 2.05) is 24.3 Å². The van der Waals surface area contributed by atoms with Crippen molar-refractivity contribution in [1.29, 1.82) is 0 Å². The molecule has 2 aromatic heterocycles. The largest absolute Gasteiger partial charge is 0.456 e. The maximum absolute atomic E-state index is 6.51. The van der Waals surface area contributed by atoms with Gasteiger partial charge in [0.15, 0.2) is 5.82 Å². The maximum atomic E-state index is 6.51. The number of rotatable bonds is 5. The number of hydrogen-bond acceptors (Lipinski definition) is 3. The van der Waals surface area contributed by atoms with Crippen LogP contribution < -0.4 is 0 Å². The van der Waals surface area contributed by atoms with Crippen molar-refractivity contribution < 1.29 is 4.42 Å². The molecule has 0 amide bonds. The number of nitrogens with zero attached hydrogens (tertiary/aromatic N) is 2. The van der Waals surface area contributed by atoms with E-state index in [2.05, 4.69) is 158 Å². The molecule has 10 rings (SSSR count). The fourth-order valence-corrected chi connectivity index (χ4v) is 7.27. The van der Waals surface area contributed by atoms with Crippen LogP contribution in [0.15, 0.2) is 186 Å². The summed E-state index contributed by atoms with van der Waals surface area (Å²) in [6.07, 6.45) is 0. The van der Waals surface area contributed by atoms with Gasteiger partial charge in [-0.3, -0.25) is 0 Å². The minimum absolute atomic E-state index is 0.695. The molecule has 8 aromatic carbocycles. The van der Waals surface area contributed by atoms with Gasteiger partial charge in [0.2, 0.25) is 0 Å². The highest BCUT2D eigenvalue weighted by Crippen LogP contribution is 2.39. The van der Waals surface area contributed by atoms with Crippen molar-refractivity contribution >= 4 is 43.5 Å². The molecule has 0 unspecified atom stereocenters. The van der Waals surface area contributed by atoms with E-state index in [1.165, 1.54) is 21.5 Å². The van der Waals surface area contributed by atoms with Gasteiger partial charge in [-0.05, 0) is 92.3 Å². The van der Waals surface area contributed by atoms with Crippen LogP contribution >= 0.6 is 0 Å². The van der Waals surface area contributed by atoms with Gasteiger partial charge in [0.1, 0.15) is 11.2 Å². The van der Waals surface area contributed by atoms with Crippen LogP contribution in [0.3, 0.4) is 0 Å². The van der Waals surface area contributed by atoms with E-state index in [0.29, 0.717) is 5.82 Å². The second kappa shape index (κ2) is 11.9. The summed E-state index contributed by atoms with van der Waals surface area (Å²) in [5.74, 6) is 0.695. The highest BCUT2D eigenvalue weighted by molar-refractivity contribution is 6.19. The third-order valence-electron chi connectivity index (χ3n) is 9.83. The number of benzene rings is 8. The Morgan fingerprint density at radius 2 is 0.902 bits per heavy atom. The summed E-state index contributed by atoms with van der Waals surface area (Å²) >= 11 is 0. The van der Waals surface area contributed by atoms with E-state index in [4.69, 9.17) is 14.4 Å². The Balaban J connectivity index is 1.19. The highest BCUT2D eigenvalue weighted by atomic mass is 16.3. The lowest BCUT2D eigenvalue weighted by Crippen LogP contribution is -1.96. The molecule has 0 fully saturated rings. The third-order valence-corrected chi connectivity index (χ3v) is 9.83. The van der Waals surface area contributed by atoms with E-state index >= 15 is 0 Å². The fraction of sp³-hybridized carbons (Fsp3) is 0. The predicted molar refractivity (Wildman–Crippen MR) is 212 cm³/mol. The summed E-state index contributed by atoms with van der Waals surface area (Å²) in [5, 5.41) is 7.11. The van der Waals surface area contributed by atoms with Crippen LogP contribution in [0.4, 0.5) is 0 Å². The van der Waals surface area contributed by atoms with Crippen LogP contribution in [-0.2, 0) is 0 Å². The van der Waals surface area contributed by atoms with Crippen molar-refractivity contribution in [3.63, 3.8) is 0 Å². The quantitative estimate of drug-likeness (QED) is 0.186. The van der Waals surface area contributed by atoms with Crippen LogP contribution in [0.2, 0.25) is 0 Å². The molecule has 0 saturated heterocycles. The molecular formula is C48H30N2O. The van der Waals surface area contributed by atoms with Crippen molar-refractivity contribution in [2.75, 3.05) is 0 Å². The van der Waals surface area contributed by atoms with Crippen molar-refractivity contribution in [3.8, 4) is 56.2 Å². The molecule has 2 heterocycles. The summed E-state index contributed by atoms with van der Waals surface area (Å²) in [5.41, 5.74) is 11.0. The molecule has 3 heteroatoms. The SMILES string of the molecule is c1ccc(-c2cc(-c3cc(-c4ccc5ccccc5c4)cc(-c4ccc5c(c4)oc4ccc6ccccc6c45)c3)nc(-c3ccccc3)n2)cc1. The summed E-state index contributed by atoms with van der Waals surface area (Å²) in [4.78, 5) is 10.2. The Kier molecular flexibility index (Phi) is 6.81. The molecule has 10 aromatic rings. The lowest BCUT2D eigenvalue weighted by Gasteiger charge is -2.14. The smallest absolute Gasteiger partial charge is 0.160 e. The van der Waals surface area contributed by atoms with Crippen molar-refractivity contribution in [3.05, 3.63) is 182 Å². The van der Waals surface area contributed by atoms with Gasteiger partial charge in [-0.25, -0.2) is 9.97 Å². The molecule has 51 heavy (non-hydrogen) atoms. The third kappa shape index (κ3) is 5.24. The van der Waals surface area contributed by atoms with Gasteiger partial charge in [-0.15, -0.1) is 0 Å². The van der Waals surface area contributed by atoms with Gasteiger partial charge < -0.3 is 4.42 Å². The predicted octanol–water partition coefficient (Wildman–Crippen LogP) is 13.0. The Bertz CT molecular complexity index is 2850. The van der Waals surface area contributed by atoms with Crippen molar-refractivity contribution in [2.45, 2.75) is 0 Å². The Hall–Kier alpha value is -6.84. The number of fused-ring (bicyclic) bond motifs is 6. The Labute approximate surface area is 295 Å². The molecule has 0 aliphatic carbocycles. The normalized spacial score (nSPS) is 11.5. The van der Waals surface area contributed by atoms with E-state index < -0.39 is 0 Å². The van der Waals surface area contributed by atoms with Gasteiger partial charge in [-0.1, -0.05) is 133 Å². The summed E-state index contributed by atoms with van der Waals surface area (Å²) in [7, 11) is 0. The lowest BCUT2D eigenvalue weighted by atomic mass is 9.93. The van der Waals surface area contributed by atoms with Gasteiger partial charge in [-0.2, -0.15) is 0 Å². The molecule has 238 valence electrons. The zero-order valence-electron chi connectivity index (χ0n) is 27.6. The first-order valence-corrected chi connectivity index (χ1v) is 17.2. The minimum atomic E-state index is 0.695. The van der Waals surface area contributed by atoms with Crippen LogP contribution in [0, 0.1) is 0 Å².